The van der Waals surface area contributed by atoms with Crippen molar-refractivity contribution >= 4 is 17.7 Å². The molecule has 4 rings (SSSR count). The van der Waals surface area contributed by atoms with Crippen molar-refractivity contribution in [3.05, 3.63) is 65.7 Å². The number of aryl methyl sites for hydroxylation is 1. The first-order chi connectivity index (χ1) is 14.6. The van der Waals surface area contributed by atoms with Crippen LogP contribution in [0.4, 0.5) is 0 Å². The Morgan fingerprint density at radius 3 is 2.70 bits per heavy atom. The molecule has 1 aliphatic heterocycles. The number of hydrogen-bond donors (Lipinski definition) is 1. The third kappa shape index (κ3) is 4.91. The molecule has 1 saturated heterocycles. The molecule has 1 aromatic heterocycles. The molecule has 0 radical (unpaired) electrons. The van der Waals surface area contributed by atoms with Gasteiger partial charge in [-0.3, -0.25) is 9.69 Å². The summed E-state index contributed by atoms with van der Waals surface area (Å²) in [5.74, 6) is 1.21. The highest BCUT2D eigenvalue weighted by Crippen LogP contribution is 2.25. The molecule has 6 nitrogen and oxygen atoms in total. The van der Waals surface area contributed by atoms with E-state index in [0.717, 1.165) is 48.2 Å². The van der Waals surface area contributed by atoms with Gasteiger partial charge in [0.2, 0.25) is 5.91 Å². The lowest BCUT2D eigenvalue weighted by Gasteiger charge is -2.16. The molecule has 0 bridgehead atoms. The Morgan fingerprint density at radius 2 is 1.90 bits per heavy atom. The van der Waals surface area contributed by atoms with E-state index in [4.69, 9.17) is 0 Å². The molecule has 1 aliphatic rings. The Kier molecular flexibility index (Phi) is 6.50. The van der Waals surface area contributed by atoms with Gasteiger partial charge in [0.05, 0.1) is 5.75 Å². The smallest absolute Gasteiger partial charge is 0.230 e. The van der Waals surface area contributed by atoms with Gasteiger partial charge in [-0.25, -0.2) is 0 Å². The molecular formula is C23H27N5OS. The van der Waals surface area contributed by atoms with Gasteiger partial charge in [0.1, 0.15) is 0 Å². The molecule has 3 aromatic rings. The first-order valence-electron chi connectivity index (χ1n) is 10.2. The van der Waals surface area contributed by atoms with Gasteiger partial charge >= 0.3 is 0 Å². The summed E-state index contributed by atoms with van der Waals surface area (Å²) in [6.07, 6.45) is 0.991. The lowest BCUT2D eigenvalue weighted by atomic mass is 10.1. The Bertz CT molecular complexity index is 1000. The Morgan fingerprint density at radius 1 is 1.13 bits per heavy atom. The highest BCUT2D eigenvalue weighted by atomic mass is 32.2. The van der Waals surface area contributed by atoms with Gasteiger partial charge in [0, 0.05) is 38.3 Å². The zero-order chi connectivity index (χ0) is 20.9. The number of nitrogens with zero attached hydrogens (tertiary/aromatic N) is 4. The fourth-order valence-electron chi connectivity index (χ4n) is 3.83. The number of nitrogens with one attached hydrogen (secondary N) is 1. The highest BCUT2D eigenvalue weighted by molar-refractivity contribution is 7.99. The van der Waals surface area contributed by atoms with Crippen molar-refractivity contribution in [3.8, 4) is 11.4 Å². The molecule has 30 heavy (non-hydrogen) atoms. The molecular weight excluding hydrogens is 394 g/mol. The first-order valence-corrected chi connectivity index (χ1v) is 11.2. The van der Waals surface area contributed by atoms with Crippen LogP contribution in [0, 0.1) is 6.92 Å². The quantitative estimate of drug-likeness (QED) is 0.593. The predicted molar refractivity (Wildman–Crippen MR) is 120 cm³/mol. The number of benzene rings is 2. The molecule has 1 N–H and O–H groups in total. The van der Waals surface area contributed by atoms with E-state index in [1.54, 1.807) is 0 Å². The maximum atomic E-state index is 12.5. The first kappa shape index (κ1) is 20.6. The minimum Gasteiger partial charge on any atom is -0.351 e. The van der Waals surface area contributed by atoms with E-state index in [9.17, 15) is 4.79 Å². The summed E-state index contributed by atoms with van der Waals surface area (Å²) in [6.45, 7) is 4.90. The standard InChI is InChI=1S/C23H27N5OS/c1-17-8-6-7-11-20(17)22-25-26-23(27(22)2)30-16-21(29)24-19-12-13-28(15-19)14-18-9-4-3-5-10-18/h3-11,19H,12-16H2,1-2H3,(H,24,29). The third-order valence-corrected chi connectivity index (χ3v) is 6.46. The molecule has 0 aliphatic carbocycles. The second-order valence-corrected chi connectivity index (χ2v) is 8.69. The molecule has 1 amide bonds. The molecule has 2 heterocycles. The van der Waals surface area contributed by atoms with Crippen LogP contribution in [0.3, 0.4) is 0 Å². The number of amides is 1. The summed E-state index contributed by atoms with van der Waals surface area (Å²) in [4.78, 5) is 14.9. The van der Waals surface area contributed by atoms with Crippen molar-refractivity contribution in [2.24, 2.45) is 7.05 Å². The van der Waals surface area contributed by atoms with E-state index < -0.39 is 0 Å². The van der Waals surface area contributed by atoms with Gasteiger partial charge in [0.25, 0.3) is 0 Å². The second-order valence-electron chi connectivity index (χ2n) is 7.74. The van der Waals surface area contributed by atoms with Crippen molar-refractivity contribution in [3.63, 3.8) is 0 Å². The second kappa shape index (κ2) is 9.45. The monoisotopic (exact) mass is 421 g/mol. The van der Waals surface area contributed by atoms with Gasteiger partial charge in [-0.2, -0.15) is 0 Å². The number of rotatable bonds is 7. The zero-order valence-corrected chi connectivity index (χ0v) is 18.2. The molecule has 0 spiro atoms. The van der Waals surface area contributed by atoms with Crippen molar-refractivity contribution in [2.45, 2.75) is 31.1 Å². The molecule has 2 aromatic carbocycles. The topological polar surface area (TPSA) is 63.1 Å². The SMILES string of the molecule is Cc1ccccc1-c1nnc(SCC(=O)NC2CCN(Cc3ccccc3)C2)n1C. The van der Waals surface area contributed by atoms with Crippen molar-refractivity contribution < 1.29 is 4.79 Å². The average molecular weight is 422 g/mol. The molecule has 1 unspecified atom stereocenters. The van der Waals surface area contributed by atoms with Crippen LogP contribution in [0.2, 0.25) is 0 Å². The number of carbonyl (C=O) groups is 1. The normalized spacial score (nSPS) is 16.7. The number of likely N-dealkylation sites (tertiary alicyclic amines) is 1. The molecule has 0 saturated carbocycles. The Hall–Kier alpha value is -2.64. The molecule has 1 atom stereocenters. The number of carbonyl (C=O) groups excluding carboxylic acids is 1. The summed E-state index contributed by atoms with van der Waals surface area (Å²) >= 11 is 1.43. The van der Waals surface area contributed by atoms with Crippen LogP contribution >= 0.6 is 11.8 Å². The van der Waals surface area contributed by atoms with Crippen molar-refractivity contribution in [1.82, 2.24) is 25.0 Å². The van der Waals surface area contributed by atoms with Crippen LogP contribution in [0.15, 0.2) is 59.8 Å². The van der Waals surface area contributed by atoms with E-state index in [1.165, 1.54) is 17.3 Å². The van der Waals surface area contributed by atoms with E-state index in [1.807, 2.05) is 35.9 Å². The minimum absolute atomic E-state index is 0.0482. The Balaban J connectivity index is 1.27. The summed E-state index contributed by atoms with van der Waals surface area (Å²) in [5, 5.41) is 12.5. The van der Waals surface area contributed by atoms with Gasteiger partial charge in [-0.15, -0.1) is 10.2 Å². The lowest BCUT2D eigenvalue weighted by molar-refractivity contribution is -0.119. The van der Waals surface area contributed by atoms with Crippen LogP contribution in [0.5, 0.6) is 0 Å². The van der Waals surface area contributed by atoms with Gasteiger partial charge < -0.3 is 9.88 Å². The highest BCUT2D eigenvalue weighted by Gasteiger charge is 2.24. The number of aromatic nitrogens is 3. The van der Waals surface area contributed by atoms with E-state index in [0.29, 0.717) is 5.75 Å². The minimum atomic E-state index is 0.0482. The van der Waals surface area contributed by atoms with Crippen LogP contribution in [-0.4, -0.2) is 50.5 Å². The zero-order valence-electron chi connectivity index (χ0n) is 17.4. The molecule has 156 valence electrons. The van der Waals surface area contributed by atoms with Gasteiger partial charge in [-0.1, -0.05) is 66.4 Å². The Labute approximate surface area is 181 Å². The average Bonchev–Trinajstić information content (AvgIpc) is 3.34. The maximum Gasteiger partial charge on any atom is 0.230 e. The summed E-state index contributed by atoms with van der Waals surface area (Å²) in [7, 11) is 1.94. The number of hydrogen-bond acceptors (Lipinski definition) is 5. The maximum absolute atomic E-state index is 12.5. The lowest BCUT2D eigenvalue weighted by Crippen LogP contribution is -2.38. The fraction of sp³-hybridized carbons (Fsp3) is 0.348. The summed E-state index contributed by atoms with van der Waals surface area (Å²) in [6, 6.07) is 18.8. The predicted octanol–water partition coefficient (Wildman–Crippen LogP) is 3.27. The molecule has 7 heteroatoms. The van der Waals surface area contributed by atoms with Gasteiger partial charge in [-0.05, 0) is 24.5 Å². The van der Waals surface area contributed by atoms with Crippen LogP contribution in [0.25, 0.3) is 11.4 Å². The van der Waals surface area contributed by atoms with Crippen LogP contribution < -0.4 is 5.32 Å². The summed E-state index contributed by atoms with van der Waals surface area (Å²) < 4.78 is 1.96. The van der Waals surface area contributed by atoms with Crippen molar-refractivity contribution in [1.29, 1.82) is 0 Å². The fourth-order valence-corrected chi connectivity index (χ4v) is 4.56. The summed E-state index contributed by atoms with van der Waals surface area (Å²) in [5.41, 5.74) is 3.53. The third-order valence-electron chi connectivity index (χ3n) is 5.44. The number of thioether (sulfide) groups is 1. The van der Waals surface area contributed by atoms with Crippen LogP contribution in [0.1, 0.15) is 17.5 Å². The van der Waals surface area contributed by atoms with E-state index in [-0.39, 0.29) is 11.9 Å². The largest absolute Gasteiger partial charge is 0.351 e. The molecule has 1 fully saturated rings. The van der Waals surface area contributed by atoms with E-state index in [2.05, 4.69) is 57.7 Å². The van der Waals surface area contributed by atoms with Crippen LogP contribution in [-0.2, 0) is 18.4 Å². The van der Waals surface area contributed by atoms with Gasteiger partial charge in [0.15, 0.2) is 11.0 Å². The van der Waals surface area contributed by atoms with E-state index >= 15 is 0 Å². The van der Waals surface area contributed by atoms with Crippen molar-refractivity contribution in [2.75, 3.05) is 18.8 Å².